The Morgan fingerprint density at radius 1 is 1.47 bits per heavy atom. The smallest absolute Gasteiger partial charge is 0.224 e. The van der Waals surface area contributed by atoms with Crippen molar-refractivity contribution in [3.8, 4) is 0 Å². The van der Waals surface area contributed by atoms with Gasteiger partial charge in [0.1, 0.15) is 5.82 Å². The molecule has 1 aromatic rings. The molecule has 0 saturated carbocycles. The lowest BCUT2D eigenvalue weighted by atomic mass is 10.3. The maximum absolute atomic E-state index is 11.2. The van der Waals surface area contributed by atoms with Crippen LogP contribution >= 0.6 is 11.6 Å². The molecule has 15 heavy (non-hydrogen) atoms. The molecule has 0 amide bonds. The summed E-state index contributed by atoms with van der Waals surface area (Å²) in [5.74, 6) is 2.29. The number of nitrogens with zero attached hydrogens (tertiary/aromatic N) is 3. The second kappa shape index (κ2) is 4.45. The van der Waals surface area contributed by atoms with Crippen LogP contribution in [0.15, 0.2) is 6.20 Å². The minimum Gasteiger partial charge on any atom is -0.354 e. The summed E-state index contributed by atoms with van der Waals surface area (Å²) < 4.78 is 11.2. The predicted molar refractivity (Wildman–Crippen MR) is 61.9 cm³/mol. The van der Waals surface area contributed by atoms with Gasteiger partial charge in [0.05, 0.1) is 0 Å². The van der Waals surface area contributed by atoms with Crippen molar-refractivity contribution in [3.63, 3.8) is 0 Å². The Bertz CT molecular complexity index is 389. The molecule has 0 radical (unpaired) electrons. The summed E-state index contributed by atoms with van der Waals surface area (Å²) in [5.41, 5.74) is 1.01. The highest BCUT2D eigenvalue weighted by Crippen LogP contribution is 2.19. The van der Waals surface area contributed by atoms with Crippen molar-refractivity contribution in [1.29, 1.82) is 0 Å². The summed E-state index contributed by atoms with van der Waals surface area (Å²) in [6, 6.07) is 0. The molecule has 1 aromatic heterocycles. The van der Waals surface area contributed by atoms with E-state index in [4.69, 9.17) is 11.6 Å². The van der Waals surface area contributed by atoms with Gasteiger partial charge in [-0.05, 0) is 18.5 Å². The number of aromatic nitrogens is 2. The second-order valence-electron chi connectivity index (χ2n) is 3.48. The van der Waals surface area contributed by atoms with Gasteiger partial charge in [0.25, 0.3) is 0 Å². The van der Waals surface area contributed by atoms with Crippen LogP contribution in [0.5, 0.6) is 0 Å². The van der Waals surface area contributed by atoms with Crippen molar-refractivity contribution in [1.82, 2.24) is 9.97 Å². The Kier molecular flexibility index (Phi) is 3.21. The molecular weight excluding hydrogens is 234 g/mol. The fourth-order valence-electron chi connectivity index (χ4n) is 1.58. The van der Waals surface area contributed by atoms with Crippen LogP contribution < -0.4 is 4.90 Å². The van der Waals surface area contributed by atoms with Crippen LogP contribution in [0.1, 0.15) is 5.56 Å². The van der Waals surface area contributed by atoms with Crippen LogP contribution in [0.25, 0.3) is 0 Å². The number of hydrogen-bond donors (Lipinski definition) is 0. The van der Waals surface area contributed by atoms with Crippen LogP contribution in [-0.4, -0.2) is 38.8 Å². The van der Waals surface area contributed by atoms with Gasteiger partial charge in [0.15, 0.2) is 0 Å². The first kappa shape index (κ1) is 10.8. The number of hydrogen-bond acceptors (Lipinski definition) is 4. The van der Waals surface area contributed by atoms with E-state index in [9.17, 15) is 4.21 Å². The summed E-state index contributed by atoms with van der Waals surface area (Å²) in [7, 11) is -0.665. The molecule has 0 atom stereocenters. The number of halogens is 1. The van der Waals surface area contributed by atoms with Crippen LogP contribution in [0.3, 0.4) is 0 Å². The molecular formula is C9H12ClN3OS. The van der Waals surface area contributed by atoms with Crippen LogP contribution in [0.2, 0.25) is 5.28 Å². The number of aryl methyl sites for hydroxylation is 1. The SMILES string of the molecule is Cc1cnc(Cl)nc1N1CCS(=O)CC1. The third-order valence-corrected chi connectivity index (χ3v) is 3.85. The Hall–Kier alpha value is -0.680. The van der Waals surface area contributed by atoms with Gasteiger partial charge in [-0.2, -0.15) is 0 Å². The monoisotopic (exact) mass is 245 g/mol. The van der Waals surface area contributed by atoms with Gasteiger partial charge in [0.2, 0.25) is 5.28 Å². The largest absolute Gasteiger partial charge is 0.354 e. The molecule has 0 aliphatic carbocycles. The van der Waals surface area contributed by atoms with Gasteiger partial charge in [-0.15, -0.1) is 0 Å². The molecule has 0 N–H and O–H groups in total. The van der Waals surface area contributed by atoms with Gasteiger partial charge in [0, 0.05) is 47.2 Å². The van der Waals surface area contributed by atoms with Crippen molar-refractivity contribution >= 4 is 28.2 Å². The predicted octanol–water partition coefficient (Wildman–Crippen LogP) is 1.01. The number of anilines is 1. The fourth-order valence-corrected chi connectivity index (χ4v) is 2.76. The number of rotatable bonds is 1. The Morgan fingerprint density at radius 3 is 2.80 bits per heavy atom. The molecule has 2 rings (SSSR count). The maximum atomic E-state index is 11.2. The van der Waals surface area contributed by atoms with Crippen LogP contribution in [0.4, 0.5) is 5.82 Å². The fraction of sp³-hybridized carbons (Fsp3) is 0.556. The first-order chi connectivity index (χ1) is 7.16. The molecule has 82 valence electrons. The Morgan fingerprint density at radius 2 is 2.13 bits per heavy atom. The third-order valence-electron chi connectivity index (χ3n) is 2.39. The summed E-state index contributed by atoms with van der Waals surface area (Å²) in [4.78, 5) is 10.2. The van der Waals surface area contributed by atoms with Gasteiger partial charge >= 0.3 is 0 Å². The third kappa shape index (κ3) is 2.46. The van der Waals surface area contributed by atoms with Gasteiger partial charge in [-0.25, -0.2) is 9.97 Å². The van der Waals surface area contributed by atoms with Gasteiger partial charge < -0.3 is 4.90 Å². The van der Waals surface area contributed by atoms with Crippen molar-refractivity contribution in [2.45, 2.75) is 6.92 Å². The molecule has 0 unspecified atom stereocenters. The lowest BCUT2D eigenvalue weighted by Gasteiger charge is -2.28. The molecule has 0 spiro atoms. The molecule has 0 bridgehead atoms. The Balaban J connectivity index is 2.21. The Labute approximate surface area is 96.1 Å². The van der Waals surface area contributed by atoms with E-state index < -0.39 is 10.8 Å². The zero-order chi connectivity index (χ0) is 10.8. The lowest BCUT2D eigenvalue weighted by molar-refractivity contribution is 0.672. The molecule has 2 heterocycles. The normalized spacial score (nSPS) is 18.1. The van der Waals surface area contributed by atoms with E-state index >= 15 is 0 Å². The highest BCUT2D eigenvalue weighted by atomic mass is 35.5. The quantitative estimate of drug-likeness (QED) is 0.693. The zero-order valence-electron chi connectivity index (χ0n) is 8.44. The molecule has 4 nitrogen and oxygen atoms in total. The van der Waals surface area contributed by atoms with E-state index in [2.05, 4.69) is 14.9 Å². The lowest BCUT2D eigenvalue weighted by Crippen LogP contribution is -2.38. The minimum absolute atomic E-state index is 0.266. The molecule has 0 aromatic carbocycles. The van der Waals surface area contributed by atoms with E-state index in [0.717, 1.165) is 24.5 Å². The van der Waals surface area contributed by atoms with Crippen LogP contribution in [-0.2, 0) is 10.8 Å². The van der Waals surface area contributed by atoms with E-state index in [1.165, 1.54) is 0 Å². The highest BCUT2D eigenvalue weighted by molar-refractivity contribution is 7.85. The highest BCUT2D eigenvalue weighted by Gasteiger charge is 2.18. The standard InChI is InChI=1S/C9H12ClN3OS/c1-7-6-11-9(10)12-8(7)13-2-4-15(14)5-3-13/h6H,2-5H2,1H3. The molecule has 6 heteroatoms. The average molecular weight is 246 g/mol. The summed E-state index contributed by atoms with van der Waals surface area (Å²) in [6.07, 6.45) is 1.72. The van der Waals surface area contributed by atoms with Gasteiger partial charge in [-0.3, -0.25) is 4.21 Å². The van der Waals surface area contributed by atoms with Crippen molar-refractivity contribution in [3.05, 3.63) is 17.0 Å². The topological polar surface area (TPSA) is 46.1 Å². The summed E-state index contributed by atoms with van der Waals surface area (Å²) in [6.45, 7) is 3.51. The minimum atomic E-state index is -0.665. The summed E-state index contributed by atoms with van der Waals surface area (Å²) >= 11 is 5.76. The van der Waals surface area contributed by atoms with Crippen molar-refractivity contribution in [2.24, 2.45) is 0 Å². The molecule has 1 fully saturated rings. The molecule has 1 aliphatic rings. The average Bonchev–Trinajstić information content (AvgIpc) is 2.23. The van der Waals surface area contributed by atoms with Crippen molar-refractivity contribution in [2.75, 3.05) is 29.5 Å². The molecule has 1 aliphatic heterocycles. The zero-order valence-corrected chi connectivity index (χ0v) is 10.0. The van der Waals surface area contributed by atoms with E-state index in [0.29, 0.717) is 11.5 Å². The first-order valence-electron chi connectivity index (χ1n) is 4.76. The molecule has 1 saturated heterocycles. The second-order valence-corrected chi connectivity index (χ2v) is 5.51. The van der Waals surface area contributed by atoms with Gasteiger partial charge in [-0.1, -0.05) is 0 Å². The van der Waals surface area contributed by atoms with Crippen LogP contribution in [0, 0.1) is 6.92 Å². The first-order valence-corrected chi connectivity index (χ1v) is 6.62. The maximum Gasteiger partial charge on any atom is 0.224 e. The van der Waals surface area contributed by atoms with E-state index in [1.807, 2.05) is 6.92 Å². The summed E-state index contributed by atoms with van der Waals surface area (Å²) in [5, 5.41) is 0.266. The van der Waals surface area contributed by atoms with E-state index in [-0.39, 0.29) is 5.28 Å². The van der Waals surface area contributed by atoms with Crippen molar-refractivity contribution < 1.29 is 4.21 Å². The van der Waals surface area contributed by atoms with E-state index in [1.54, 1.807) is 6.20 Å².